The Labute approximate surface area is 267 Å². The molecule has 0 aliphatic carbocycles. The molecule has 226 valence electrons. The maximum Gasteiger partial charge on any atom is 0.416 e. The number of aromatic nitrogens is 5. The Kier molecular flexibility index (Phi) is 6.83. The Bertz CT molecular complexity index is 2330. The topological polar surface area (TPSA) is 56.5 Å². The van der Waals surface area contributed by atoms with Gasteiger partial charge in [-0.3, -0.25) is 4.98 Å². The van der Waals surface area contributed by atoms with Crippen LogP contribution in [0, 0.1) is 0 Å². The molecule has 0 aliphatic heterocycles. The minimum Gasteiger partial charge on any atom is -0.308 e. The van der Waals surface area contributed by atoms with Crippen LogP contribution in [0.3, 0.4) is 0 Å². The van der Waals surface area contributed by atoms with Crippen molar-refractivity contribution in [1.82, 2.24) is 24.5 Å². The summed E-state index contributed by atoms with van der Waals surface area (Å²) in [5, 5.41) is 1.53. The summed E-state index contributed by atoms with van der Waals surface area (Å²) in [7, 11) is 0. The first-order valence-corrected chi connectivity index (χ1v) is 15.0. The van der Waals surface area contributed by atoms with E-state index in [1.54, 1.807) is 12.3 Å². The molecule has 47 heavy (non-hydrogen) atoms. The van der Waals surface area contributed by atoms with E-state index >= 15 is 0 Å². The van der Waals surface area contributed by atoms with Crippen LogP contribution >= 0.6 is 0 Å². The number of hydrogen-bond donors (Lipinski definition) is 0. The van der Waals surface area contributed by atoms with E-state index in [9.17, 15) is 13.2 Å². The average molecular weight is 620 g/mol. The normalized spacial score (nSPS) is 11.7. The van der Waals surface area contributed by atoms with Gasteiger partial charge in [0.2, 0.25) is 0 Å². The molecule has 0 saturated carbocycles. The predicted octanol–water partition coefficient (Wildman–Crippen LogP) is 10.1. The molecule has 5 nitrogen and oxygen atoms in total. The predicted molar refractivity (Wildman–Crippen MR) is 179 cm³/mol. The van der Waals surface area contributed by atoms with Crippen LogP contribution in [0.1, 0.15) is 5.56 Å². The van der Waals surface area contributed by atoms with E-state index in [-0.39, 0.29) is 0 Å². The number of rotatable bonds is 5. The third-order valence-electron chi connectivity index (χ3n) is 8.14. The van der Waals surface area contributed by atoms with Crippen LogP contribution in [0.25, 0.3) is 72.9 Å². The minimum atomic E-state index is -4.52. The lowest BCUT2D eigenvalue weighted by atomic mass is 10.0. The molecule has 0 bridgehead atoms. The second kappa shape index (κ2) is 11.3. The maximum atomic E-state index is 14.1. The van der Waals surface area contributed by atoms with Crippen LogP contribution in [0.2, 0.25) is 0 Å². The van der Waals surface area contributed by atoms with Gasteiger partial charge >= 0.3 is 6.18 Å². The second-order valence-electron chi connectivity index (χ2n) is 11.1. The number of benzene rings is 5. The van der Waals surface area contributed by atoms with Crippen LogP contribution < -0.4 is 0 Å². The van der Waals surface area contributed by atoms with Gasteiger partial charge in [0.1, 0.15) is 0 Å². The summed E-state index contributed by atoms with van der Waals surface area (Å²) in [6, 6.07) is 42.2. The fraction of sp³-hybridized carbons (Fsp3) is 0.0256. The van der Waals surface area contributed by atoms with Crippen molar-refractivity contribution >= 4 is 21.8 Å². The number of fused-ring (bicyclic) bond motifs is 3. The van der Waals surface area contributed by atoms with Gasteiger partial charge in [-0.05, 0) is 42.5 Å². The molecule has 8 aromatic rings. The van der Waals surface area contributed by atoms with Crippen molar-refractivity contribution in [2.45, 2.75) is 6.18 Å². The van der Waals surface area contributed by atoms with Crippen molar-refractivity contribution in [1.29, 1.82) is 0 Å². The lowest BCUT2D eigenvalue weighted by molar-refractivity contribution is -0.137. The van der Waals surface area contributed by atoms with E-state index < -0.39 is 11.7 Å². The highest BCUT2D eigenvalue weighted by atomic mass is 19.4. The lowest BCUT2D eigenvalue weighted by Crippen LogP contribution is -2.06. The van der Waals surface area contributed by atoms with E-state index in [0.29, 0.717) is 39.6 Å². The number of nitrogens with zero attached hydrogens (tertiary/aromatic N) is 5. The molecular weight excluding hydrogens is 595 g/mol. The Morgan fingerprint density at radius 1 is 0.489 bits per heavy atom. The summed E-state index contributed by atoms with van der Waals surface area (Å²) in [6.07, 6.45) is -2.80. The van der Waals surface area contributed by atoms with Crippen molar-refractivity contribution in [3.05, 3.63) is 151 Å². The Morgan fingerprint density at radius 3 is 1.77 bits per heavy atom. The average Bonchev–Trinajstić information content (AvgIpc) is 3.45. The van der Waals surface area contributed by atoms with Crippen LogP contribution in [-0.4, -0.2) is 24.5 Å². The molecule has 0 spiro atoms. The first-order chi connectivity index (χ1) is 22.9. The third-order valence-corrected chi connectivity index (χ3v) is 8.14. The number of para-hydroxylation sites is 1. The molecule has 0 unspecified atom stereocenters. The number of hydrogen-bond acceptors (Lipinski definition) is 4. The van der Waals surface area contributed by atoms with Crippen LogP contribution in [-0.2, 0) is 6.18 Å². The van der Waals surface area contributed by atoms with Gasteiger partial charge in [-0.25, -0.2) is 15.0 Å². The lowest BCUT2D eigenvalue weighted by Gasteiger charge is -2.16. The molecule has 8 rings (SSSR count). The quantitative estimate of drug-likeness (QED) is 0.192. The summed E-state index contributed by atoms with van der Waals surface area (Å²) in [5.41, 5.74) is 4.82. The van der Waals surface area contributed by atoms with Crippen LogP contribution in [0.4, 0.5) is 13.2 Å². The SMILES string of the molecule is FC(F)(F)c1ccc2c3ccccc3n(-c3cc(-c4ccccn4)ccc3-c3nc(-c4ccccc4)nc(-c4ccccc4)n3)c2c1. The molecular formula is C39H24F3N5. The van der Waals surface area contributed by atoms with E-state index in [0.717, 1.165) is 39.4 Å². The fourth-order valence-electron chi connectivity index (χ4n) is 5.93. The molecule has 3 heterocycles. The number of alkyl halides is 3. The van der Waals surface area contributed by atoms with Crippen LogP contribution in [0.5, 0.6) is 0 Å². The zero-order chi connectivity index (χ0) is 32.0. The van der Waals surface area contributed by atoms with E-state index in [2.05, 4.69) is 4.98 Å². The zero-order valence-corrected chi connectivity index (χ0v) is 24.7. The third kappa shape index (κ3) is 5.19. The molecule has 8 heteroatoms. The van der Waals surface area contributed by atoms with Gasteiger partial charge in [0.05, 0.1) is 28.0 Å². The molecule has 0 saturated heterocycles. The number of pyridine rings is 1. The smallest absolute Gasteiger partial charge is 0.308 e. The van der Waals surface area contributed by atoms with E-state index in [1.165, 1.54) is 6.07 Å². The summed E-state index contributed by atoms with van der Waals surface area (Å²) < 4.78 is 44.2. The van der Waals surface area contributed by atoms with Crippen molar-refractivity contribution in [2.75, 3.05) is 0 Å². The molecule has 0 radical (unpaired) electrons. The van der Waals surface area contributed by atoms with Crippen LogP contribution in [0.15, 0.2) is 146 Å². The highest BCUT2D eigenvalue weighted by Gasteiger charge is 2.31. The van der Waals surface area contributed by atoms with E-state index in [4.69, 9.17) is 15.0 Å². The first-order valence-electron chi connectivity index (χ1n) is 15.0. The highest BCUT2D eigenvalue weighted by molar-refractivity contribution is 6.10. The Morgan fingerprint density at radius 2 is 1.11 bits per heavy atom. The van der Waals surface area contributed by atoms with Gasteiger partial charge in [-0.1, -0.05) is 97.1 Å². The van der Waals surface area contributed by atoms with Gasteiger partial charge in [0.25, 0.3) is 0 Å². The molecule has 0 aliphatic rings. The Hall–Kier alpha value is -6.15. The van der Waals surface area contributed by atoms with Crippen molar-refractivity contribution in [3.63, 3.8) is 0 Å². The summed E-state index contributed by atoms with van der Waals surface area (Å²) in [4.78, 5) is 19.3. The van der Waals surface area contributed by atoms with Gasteiger partial charge in [-0.15, -0.1) is 0 Å². The van der Waals surface area contributed by atoms with Crippen molar-refractivity contribution < 1.29 is 13.2 Å². The number of halogens is 3. The summed E-state index contributed by atoms with van der Waals surface area (Å²) in [6.45, 7) is 0. The van der Waals surface area contributed by atoms with Gasteiger partial charge < -0.3 is 4.57 Å². The first kappa shape index (κ1) is 28.3. The van der Waals surface area contributed by atoms with E-state index in [1.807, 2.05) is 126 Å². The maximum absolute atomic E-state index is 14.1. The molecule has 3 aromatic heterocycles. The second-order valence-corrected chi connectivity index (χ2v) is 11.1. The highest BCUT2D eigenvalue weighted by Crippen LogP contribution is 2.40. The summed E-state index contributed by atoms with van der Waals surface area (Å²) >= 11 is 0. The molecule has 5 aromatic carbocycles. The monoisotopic (exact) mass is 619 g/mol. The molecule has 0 atom stereocenters. The van der Waals surface area contributed by atoms with Gasteiger partial charge in [0.15, 0.2) is 17.5 Å². The molecule has 0 fully saturated rings. The standard InChI is InChI=1S/C39H24F3N5/c40-39(41,42)28-19-21-30-29-15-7-8-17-33(29)47(35(30)24-28)34-23-27(32-16-9-10-22-43-32)18-20-31(34)38-45-36(25-11-3-1-4-12-25)44-37(46-38)26-13-5-2-6-14-26/h1-24H. The van der Waals surface area contributed by atoms with Gasteiger partial charge in [0, 0.05) is 39.2 Å². The zero-order valence-electron chi connectivity index (χ0n) is 24.7. The summed E-state index contributed by atoms with van der Waals surface area (Å²) in [5.74, 6) is 1.35. The van der Waals surface area contributed by atoms with Crippen molar-refractivity contribution in [3.8, 4) is 51.1 Å². The molecule has 0 N–H and O–H groups in total. The fourth-order valence-corrected chi connectivity index (χ4v) is 5.93. The Balaban J connectivity index is 1.47. The molecule has 0 amide bonds. The van der Waals surface area contributed by atoms with Gasteiger partial charge in [-0.2, -0.15) is 13.2 Å². The largest absolute Gasteiger partial charge is 0.416 e. The minimum absolute atomic E-state index is 0.387. The van der Waals surface area contributed by atoms with Crippen molar-refractivity contribution in [2.24, 2.45) is 0 Å².